The minimum atomic E-state index is 0.635. The number of nitrogens with one attached hydrogen (secondary N) is 1. The van der Waals surface area contributed by atoms with Gasteiger partial charge in [0.05, 0.1) is 0 Å². The van der Waals surface area contributed by atoms with Crippen LogP contribution in [0, 0.1) is 0 Å². The van der Waals surface area contributed by atoms with E-state index < -0.39 is 0 Å². The Morgan fingerprint density at radius 1 is 1.00 bits per heavy atom. The second-order valence-corrected chi connectivity index (χ2v) is 4.05. The van der Waals surface area contributed by atoms with Gasteiger partial charge in [-0.2, -0.15) is 0 Å². The van der Waals surface area contributed by atoms with Crippen LogP contribution in [0.1, 0.15) is 0 Å². The minimum absolute atomic E-state index is 0.635. The van der Waals surface area contributed by atoms with E-state index in [1.165, 1.54) is 0 Å². The third-order valence-corrected chi connectivity index (χ3v) is 2.57. The van der Waals surface area contributed by atoms with E-state index >= 15 is 0 Å². The molecule has 19 heavy (non-hydrogen) atoms. The normalized spacial score (nSPS) is 10.2. The lowest BCUT2D eigenvalue weighted by Crippen LogP contribution is -2.23. The summed E-state index contributed by atoms with van der Waals surface area (Å²) in [6.07, 6.45) is 0. The van der Waals surface area contributed by atoms with Gasteiger partial charge in [-0.1, -0.05) is 36.4 Å². The van der Waals surface area contributed by atoms with E-state index in [9.17, 15) is 0 Å². The lowest BCUT2D eigenvalue weighted by molar-refractivity contribution is 0.341. The molecule has 0 atom stereocenters. The highest BCUT2D eigenvalue weighted by atomic mass is 16.5. The summed E-state index contributed by atoms with van der Waals surface area (Å²) in [4.78, 5) is 0. The lowest BCUT2D eigenvalue weighted by Gasteiger charge is -2.10. The number of hydrogen-bond acceptors (Lipinski definition) is 3. The molecule has 3 nitrogen and oxygen atoms in total. The van der Waals surface area contributed by atoms with Gasteiger partial charge in [-0.3, -0.25) is 0 Å². The maximum atomic E-state index is 5.84. The first kappa shape index (κ1) is 13.7. The van der Waals surface area contributed by atoms with E-state index in [1.54, 1.807) is 7.48 Å². The molecule has 97 valence electrons. The molecule has 0 amide bonds. The number of ether oxygens (including phenoxy) is 1. The van der Waals surface area contributed by atoms with Crippen LogP contribution in [0.15, 0.2) is 54.6 Å². The zero-order chi connectivity index (χ0) is 13.3. The average molecular weight is 254 g/mol. The van der Waals surface area contributed by atoms with Gasteiger partial charge in [-0.15, -0.1) is 0 Å². The van der Waals surface area contributed by atoms with Crippen LogP contribution in [-0.4, -0.2) is 27.7 Å². The summed E-state index contributed by atoms with van der Waals surface area (Å²) < 4.78 is 11.3. The molecule has 0 saturated carbocycles. The molecule has 0 heterocycles. The van der Waals surface area contributed by atoms with Crippen LogP contribution in [0.5, 0.6) is 11.5 Å². The fourth-order valence-electron chi connectivity index (χ4n) is 1.60. The molecule has 0 aromatic heterocycles. The second kappa shape index (κ2) is 7.61. The van der Waals surface area contributed by atoms with Gasteiger partial charge in [0.1, 0.15) is 11.5 Å². The Morgan fingerprint density at radius 3 is 2.53 bits per heavy atom. The van der Waals surface area contributed by atoms with Gasteiger partial charge in [0, 0.05) is 13.2 Å². The van der Waals surface area contributed by atoms with Crippen LogP contribution in [0.2, 0.25) is 0 Å². The zero-order valence-corrected chi connectivity index (χ0v) is 11.0. The van der Waals surface area contributed by atoms with Crippen molar-refractivity contribution in [1.82, 2.24) is 5.32 Å². The highest BCUT2D eigenvalue weighted by molar-refractivity contribution is 6.48. The average Bonchev–Trinajstić information content (AvgIpc) is 2.46. The van der Waals surface area contributed by atoms with Gasteiger partial charge in [0.2, 0.25) is 0 Å². The lowest BCUT2D eigenvalue weighted by atomic mass is 9.87. The summed E-state index contributed by atoms with van der Waals surface area (Å²) in [5, 5.41) is 3.03. The van der Waals surface area contributed by atoms with E-state index in [-0.39, 0.29) is 0 Å². The van der Waals surface area contributed by atoms with Gasteiger partial charge >= 0.3 is 7.48 Å². The van der Waals surface area contributed by atoms with Gasteiger partial charge < -0.3 is 14.7 Å². The van der Waals surface area contributed by atoms with E-state index in [1.807, 2.05) is 61.6 Å². The summed E-state index contributed by atoms with van der Waals surface area (Å²) >= 11 is 0. The SMILES string of the molecule is CNCCO[B]c1ccccc1Oc1ccccc1. The predicted molar refractivity (Wildman–Crippen MR) is 78.2 cm³/mol. The molecule has 0 aliphatic carbocycles. The Bertz CT molecular complexity index is 491. The number of benzene rings is 2. The summed E-state index contributed by atoms with van der Waals surface area (Å²) in [5.74, 6) is 1.61. The monoisotopic (exact) mass is 254 g/mol. The van der Waals surface area contributed by atoms with Crippen molar-refractivity contribution in [1.29, 1.82) is 0 Å². The first-order chi connectivity index (χ1) is 9.40. The number of hydrogen-bond donors (Lipinski definition) is 1. The van der Waals surface area contributed by atoms with Crippen molar-refractivity contribution in [3.8, 4) is 11.5 Å². The maximum Gasteiger partial charge on any atom is 0.333 e. The number of para-hydroxylation sites is 2. The molecule has 0 bridgehead atoms. The quantitative estimate of drug-likeness (QED) is 0.605. The van der Waals surface area contributed by atoms with Crippen LogP contribution in [-0.2, 0) is 4.65 Å². The third kappa shape index (κ3) is 4.43. The van der Waals surface area contributed by atoms with Gasteiger partial charge in [-0.25, -0.2) is 0 Å². The molecular formula is C15H17BNO2. The topological polar surface area (TPSA) is 30.5 Å². The van der Waals surface area contributed by atoms with Crippen molar-refractivity contribution in [3.05, 3.63) is 54.6 Å². The van der Waals surface area contributed by atoms with Crippen molar-refractivity contribution in [3.63, 3.8) is 0 Å². The fourth-order valence-corrected chi connectivity index (χ4v) is 1.60. The van der Waals surface area contributed by atoms with Crippen molar-refractivity contribution >= 4 is 12.9 Å². The van der Waals surface area contributed by atoms with Crippen molar-refractivity contribution in [2.75, 3.05) is 20.2 Å². The molecule has 2 aromatic carbocycles. The second-order valence-electron chi connectivity index (χ2n) is 4.05. The van der Waals surface area contributed by atoms with Crippen molar-refractivity contribution in [2.24, 2.45) is 0 Å². The molecule has 0 unspecified atom stereocenters. The molecule has 0 saturated heterocycles. The zero-order valence-electron chi connectivity index (χ0n) is 11.0. The molecular weight excluding hydrogens is 237 g/mol. The van der Waals surface area contributed by atoms with Crippen LogP contribution in [0.4, 0.5) is 0 Å². The molecule has 0 spiro atoms. The van der Waals surface area contributed by atoms with Crippen LogP contribution >= 0.6 is 0 Å². The standard InChI is InChI=1S/C15H17BNO2/c1-17-11-12-18-16-14-9-5-6-10-15(14)19-13-7-3-2-4-8-13/h2-10,17H,11-12H2,1H3. The van der Waals surface area contributed by atoms with E-state index in [0.29, 0.717) is 6.61 Å². The molecule has 4 heteroatoms. The Labute approximate surface area is 114 Å². The summed E-state index contributed by atoms with van der Waals surface area (Å²) in [6.45, 7) is 1.45. The van der Waals surface area contributed by atoms with E-state index in [2.05, 4.69) is 5.32 Å². The molecule has 2 aromatic rings. The molecule has 0 aliphatic rings. The predicted octanol–water partition coefficient (Wildman–Crippen LogP) is 1.96. The van der Waals surface area contributed by atoms with Crippen LogP contribution in [0.3, 0.4) is 0 Å². The first-order valence-electron chi connectivity index (χ1n) is 6.31. The number of rotatable bonds is 7. The van der Waals surface area contributed by atoms with Crippen LogP contribution in [0.25, 0.3) is 0 Å². The molecule has 1 radical (unpaired) electrons. The Morgan fingerprint density at radius 2 is 1.74 bits per heavy atom. The third-order valence-electron chi connectivity index (χ3n) is 2.57. The van der Waals surface area contributed by atoms with Gasteiger partial charge in [0.25, 0.3) is 0 Å². The van der Waals surface area contributed by atoms with Crippen molar-refractivity contribution < 1.29 is 9.39 Å². The largest absolute Gasteiger partial charge is 0.458 e. The Balaban J connectivity index is 2.00. The summed E-state index contributed by atoms with van der Waals surface area (Å²) in [6, 6.07) is 17.5. The van der Waals surface area contributed by atoms with Gasteiger partial charge in [0.15, 0.2) is 0 Å². The highest BCUT2D eigenvalue weighted by Gasteiger charge is 2.06. The van der Waals surface area contributed by atoms with Gasteiger partial charge in [-0.05, 0) is 30.7 Å². The fraction of sp³-hybridized carbons (Fsp3) is 0.200. The molecule has 2 rings (SSSR count). The molecule has 1 N–H and O–H groups in total. The molecule has 0 aliphatic heterocycles. The maximum absolute atomic E-state index is 5.84. The summed E-state index contributed by atoms with van der Waals surface area (Å²) in [7, 11) is 3.63. The minimum Gasteiger partial charge on any atom is -0.458 e. The highest BCUT2D eigenvalue weighted by Crippen LogP contribution is 2.18. The van der Waals surface area contributed by atoms with Crippen molar-refractivity contribution in [2.45, 2.75) is 0 Å². The van der Waals surface area contributed by atoms with Crippen LogP contribution < -0.4 is 15.5 Å². The smallest absolute Gasteiger partial charge is 0.333 e. The Kier molecular flexibility index (Phi) is 5.47. The molecule has 0 fully saturated rings. The van der Waals surface area contributed by atoms with E-state index in [0.717, 1.165) is 23.5 Å². The first-order valence-corrected chi connectivity index (χ1v) is 6.31. The summed E-state index contributed by atoms with van der Waals surface area (Å²) in [5.41, 5.74) is 0.933. The van der Waals surface area contributed by atoms with E-state index in [4.69, 9.17) is 9.39 Å². The number of likely N-dealkylation sites (N-methyl/N-ethyl adjacent to an activating group) is 1. The Hall–Kier alpha value is -1.78.